The van der Waals surface area contributed by atoms with E-state index < -0.39 is 0 Å². The van der Waals surface area contributed by atoms with Gasteiger partial charge < -0.3 is 0 Å². The predicted octanol–water partition coefficient (Wildman–Crippen LogP) is 4.76. The number of piperidine rings is 1. The van der Waals surface area contributed by atoms with Crippen LogP contribution >= 0.6 is 0 Å². The SMILES string of the molecule is CCCCCC1(N2CCCCC2)CCCCC1. The number of hydrogen-bond donors (Lipinski definition) is 0. The van der Waals surface area contributed by atoms with E-state index in [1.54, 1.807) is 0 Å². The van der Waals surface area contributed by atoms with Gasteiger partial charge in [-0.25, -0.2) is 0 Å². The molecule has 0 amide bonds. The molecular weight excluding hydrogens is 206 g/mol. The van der Waals surface area contributed by atoms with Gasteiger partial charge in [0.2, 0.25) is 0 Å². The summed E-state index contributed by atoms with van der Waals surface area (Å²) in [5, 5.41) is 0. The lowest BCUT2D eigenvalue weighted by Crippen LogP contribution is -2.52. The van der Waals surface area contributed by atoms with Gasteiger partial charge in [-0.05, 0) is 45.2 Å². The van der Waals surface area contributed by atoms with Crippen molar-refractivity contribution in [3.63, 3.8) is 0 Å². The summed E-state index contributed by atoms with van der Waals surface area (Å²) < 4.78 is 0. The molecule has 1 saturated heterocycles. The zero-order valence-corrected chi connectivity index (χ0v) is 11.8. The van der Waals surface area contributed by atoms with Crippen LogP contribution in [0.25, 0.3) is 0 Å². The van der Waals surface area contributed by atoms with Gasteiger partial charge in [0.25, 0.3) is 0 Å². The average Bonchev–Trinajstić information content (AvgIpc) is 2.41. The maximum Gasteiger partial charge on any atom is 0.0209 e. The van der Waals surface area contributed by atoms with E-state index >= 15 is 0 Å². The molecule has 0 unspecified atom stereocenters. The van der Waals surface area contributed by atoms with Crippen LogP contribution in [0.4, 0.5) is 0 Å². The van der Waals surface area contributed by atoms with Crippen molar-refractivity contribution in [2.75, 3.05) is 13.1 Å². The fraction of sp³-hybridized carbons (Fsp3) is 1.00. The molecule has 1 nitrogen and oxygen atoms in total. The van der Waals surface area contributed by atoms with Gasteiger partial charge in [-0.2, -0.15) is 0 Å². The van der Waals surface area contributed by atoms with E-state index in [-0.39, 0.29) is 0 Å². The zero-order chi connectivity index (χ0) is 12.0. The molecule has 1 aliphatic carbocycles. The van der Waals surface area contributed by atoms with E-state index in [4.69, 9.17) is 0 Å². The highest BCUT2D eigenvalue weighted by Crippen LogP contribution is 2.39. The van der Waals surface area contributed by atoms with Gasteiger partial charge in [0, 0.05) is 5.54 Å². The predicted molar refractivity (Wildman–Crippen MR) is 75.4 cm³/mol. The Bertz CT molecular complexity index is 200. The average molecular weight is 237 g/mol. The van der Waals surface area contributed by atoms with Crippen LogP contribution in [0.5, 0.6) is 0 Å². The van der Waals surface area contributed by atoms with Crippen molar-refractivity contribution in [3.8, 4) is 0 Å². The van der Waals surface area contributed by atoms with E-state index in [1.807, 2.05) is 0 Å². The van der Waals surface area contributed by atoms with Gasteiger partial charge in [-0.3, -0.25) is 4.90 Å². The Labute approximate surface area is 108 Å². The Balaban J connectivity index is 1.94. The van der Waals surface area contributed by atoms with Crippen LogP contribution in [0.3, 0.4) is 0 Å². The van der Waals surface area contributed by atoms with Gasteiger partial charge in [0.15, 0.2) is 0 Å². The van der Waals surface area contributed by atoms with Crippen LogP contribution in [-0.4, -0.2) is 23.5 Å². The third-order valence-electron chi connectivity index (χ3n) is 5.06. The fourth-order valence-electron chi connectivity index (χ4n) is 4.01. The highest BCUT2D eigenvalue weighted by atomic mass is 15.2. The molecule has 1 saturated carbocycles. The maximum absolute atomic E-state index is 2.89. The highest BCUT2D eigenvalue weighted by molar-refractivity contribution is 4.94. The monoisotopic (exact) mass is 237 g/mol. The molecule has 0 atom stereocenters. The molecule has 1 heterocycles. The molecule has 0 radical (unpaired) electrons. The van der Waals surface area contributed by atoms with Crippen molar-refractivity contribution in [3.05, 3.63) is 0 Å². The van der Waals surface area contributed by atoms with Crippen molar-refractivity contribution in [1.29, 1.82) is 0 Å². The lowest BCUT2D eigenvalue weighted by molar-refractivity contribution is 0.0245. The second-order valence-corrected chi connectivity index (χ2v) is 6.29. The molecule has 2 fully saturated rings. The molecule has 100 valence electrons. The third kappa shape index (κ3) is 3.47. The zero-order valence-electron chi connectivity index (χ0n) is 11.8. The molecule has 0 aromatic heterocycles. The van der Waals surface area contributed by atoms with E-state index in [0.29, 0.717) is 5.54 Å². The van der Waals surface area contributed by atoms with Crippen molar-refractivity contribution < 1.29 is 0 Å². The summed E-state index contributed by atoms with van der Waals surface area (Å²) in [6.07, 6.45) is 17.6. The summed E-state index contributed by atoms with van der Waals surface area (Å²) >= 11 is 0. The van der Waals surface area contributed by atoms with E-state index in [2.05, 4.69) is 11.8 Å². The van der Waals surface area contributed by atoms with Gasteiger partial charge in [0.1, 0.15) is 0 Å². The summed E-state index contributed by atoms with van der Waals surface area (Å²) in [5.41, 5.74) is 0.633. The van der Waals surface area contributed by atoms with E-state index in [1.165, 1.54) is 90.1 Å². The molecule has 2 aliphatic rings. The summed E-state index contributed by atoms with van der Waals surface area (Å²) in [6.45, 7) is 5.12. The second kappa shape index (κ2) is 6.78. The molecule has 2 rings (SSSR count). The second-order valence-electron chi connectivity index (χ2n) is 6.29. The lowest BCUT2D eigenvalue weighted by atomic mass is 9.76. The molecule has 0 aromatic rings. The van der Waals surface area contributed by atoms with Crippen LogP contribution in [0, 0.1) is 0 Å². The first-order valence-electron chi connectivity index (χ1n) is 8.12. The molecule has 0 N–H and O–H groups in total. The third-order valence-corrected chi connectivity index (χ3v) is 5.06. The van der Waals surface area contributed by atoms with Gasteiger partial charge in [-0.1, -0.05) is 51.9 Å². The molecular formula is C16H31N. The number of nitrogens with zero attached hydrogens (tertiary/aromatic N) is 1. The van der Waals surface area contributed by atoms with Gasteiger partial charge >= 0.3 is 0 Å². The quantitative estimate of drug-likeness (QED) is 0.623. The lowest BCUT2D eigenvalue weighted by Gasteiger charge is -2.48. The standard InChI is InChI=1S/C16H31N/c1-2-3-6-11-16(12-7-4-8-13-16)17-14-9-5-10-15-17/h2-15H2,1H3. The van der Waals surface area contributed by atoms with E-state index in [0.717, 1.165) is 0 Å². The molecule has 17 heavy (non-hydrogen) atoms. The Hall–Kier alpha value is -0.0400. The van der Waals surface area contributed by atoms with Crippen LogP contribution in [0.1, 0.15) is 84.0 Å². The van der Waals surface area contributed by atoms with Crippen LogP contribution < -0.4 is 0 Å². The molecule has 1 heteroatoms. The number of likely N-dealkylation sites (tertiary alicyclic amines) is 1. The van der Waals surface area contributed by atoms with Crippen LogP contribution in [0.15, 0.2) is 0 Å². The minimum absolute atomic E-state index is 0.633. The summed E-state index contributed by atoms with van der Waals surface area (Å²) in [4.78, 5) is 2.89. The molecule has 0 bridgehead atoms. The first kappa shape index (κ1) is 13.4. The van der Waals surface area contributed by atoms with Crippen molar-refractivity contribution in [2.45, 2.75) is 89.5 Å². The Kier molecular flexibility index (Phi) is 5.34. The Morgan fingerprint density at radius 2 is 1.47 bits per heavy atom. The highest BCUT2D eigenvalue weighted by Gasteiger charge is 2.37. The van der Waals surface area contributed by atoms with Crippen LogP contribution in [0.2, 0.25) is 0 Å². The Morgan fingerprint density at radius 1 is 0.824 bits per heavy atom. The smallest absolute Gasteiger partial charge is 0.0209 e. The Morgan fingerprint density at radius 3 is 2.12 bits per heavy atom. The van der Waals surface area contributed by atoms with Crippen molar-refractivity contribution in [1.82, 2.24) is 4.90 Å². The number of unbranched alkanes of at least 4 members (excludes halogenated alkanes) is 2. The molecule has 0 aromatic carbocycles. The maximum atomic E-state index is 2.89. The van der Waals surface area contributed by atoms with Crippen molar-refractivity contribution in [2.24, 2.45) is 0 Å². The fourth-order valence-corrected chi connectivity index (χ4v) is 4.01. The minimum atomic E-state index is 0.633. The minimum Gasteiger partial charge on any atom is -0.298 e. The van der Waals surface area contributed by atoms with Crippen molar-refractivity contribution >= 4 is 0 Å². The summed E-state index contributed by atoms with van der Waals surface area (Å²) in [6, 6.07) is 0. The van der Waals surface area contributed by atoms with E-state index in [9.17, 15) is 0 Å². The topological polar surface area (TPSA) is 3.24 Å². The first-order valence-corrected chi connectivity index (χ1v) is 8.12. The van der Waals surface area contributed by atoms with Gasteiger partial charge in [0.05, 0.1) is 0 Å². The molecule has 0 spiro atoms. The summed E-state index contributed by atoms with van der Waals surface area (Å²) in [5.74, 6) is 0. The largest absolute Gasteiger partial charge is 0.298 e. The molecule has 1 aliphatic heterocycles. The number of hydrogen-bond acceptors (Lipinski definition) is 1. The number of rotatable bonds is 5. The normalized spacial score (nSPS) is 25.9. The van der Waals surface area contributed by atoms with Gasteiger partial charge in [-0.15, -0.1) is 0 Å². The summed E-state index contributed by atoms with van der Waals surface area (Å²) in [7, 11) is 0. The van der Waals surface area contributed by atoms with Crippen LogP contribution in [-0.2, 0) is 0 Å². The first-order chi connectivity index (χ1) is 8.37.